The second kappa shape index (κ2) is 14.1. The Morgan fingerprint density at radius 2 is 0.727 bits per heavy atom. The molecule has 0 amide bonds. The summed E-state index contributed by atoms with van der Waals surface area (Å²) in [6.45, 7) is 9.59. The number of rotatable bonds is 6. The molecule has 1 heteroatoms. The zero-order chi connectivity index (χ0) is 44.4. The smallest absolute Gasteiger partial charge is 0.0720 e. The fourth-order valence-corrected chi connectivity index (χ4v) is 12.6. The average Bonchev–Trinajstić information content (AvgIpc) is 3.90. The highest BCUT2D eigenvalue weighted by Crippen LogP contribution is 2.64. The SMILES string of the molecule is CC1(C)c2ccccc2-c2ccc(N(c3ccc4c(c3)C(C)(C)c3ccccc3-4)c3c4c(c5ccccc5c3-c3ccccc3)C(c3ccccc3)(c3ccccc3)c3ccccc3-4)cc21. The lowest BCUT2D eigenvalue weighted by Gasteiger charge is -2.37. The van der Waals surface area contributed by atoms with Crippen molar-refractivity contribution in [1.82, 2.24) is 0 Å². The summed E-state index contributed by atoms with van der Waals surface area (Å²) < 4.78 is 0. The van der Waals surface area contributed by atoms with Crippen molar-refractivity contribution in [3.63, 3.8) is 0 Å². The molecule has 0 atom stereocenters. The maximum Gasteiger partial charge on any atom is 0.0720 e. The molecule has 314 valence electrons. The van der Waals surface area contributed by atoms with Crippen LogP contribution in [0.2, 0.25) is 0 Å². The van der Waals surface area contributed by atoms with Crippen molar-refractivity contribution in [2.75, 3.05) is 4.90 Å². The second-order valence-corrected chi connectivity index (χ2v) is 19.5. The van der Waals surface area contributed by atoms with E-state index in [0.717, 1.165) is 11.4 Å². The summed E-state index contributed by atoms with van der Waals surface area (Å²) in [5.41, 5.74) is 23.3. The van der Waals surface area contributed by atoms with Crippen molar-refractivity contribution in [2.24, 2.45) is 0 Å². The highest BCUT2D eigenvalue weighted by Gasteiger charge is 2.50. The molecule has 10 aromatic carbocycles. The quantitative estimate of drug-likeness (QED) is 0.161. The van der Waals surface area contributed by atoms with Gasteiger partial charge in [0.1, 0.15) is 0 Å². The van der Waals surface area contributed by atoms with Crippen molar-refractivity contribution < 1.29 is 0 Å². The van der Waals surface area contributed by atoms with Crippen LogP contribution >= 0.6 is 0 Å². The number of anilines is 3. The van der Waals surface area contributed by atoms with Crippen molar-refractivity contribution in [3.05, 3.63) is 269 Å². The Labute approximate surface area is 388 Å². The van der Waals surface area contributed by atoms with E-state index >= 15 is 0 Å². The molecular formula is C65H49N. The number of hydrogen-bond acceptors (Lipinski definition) is 1. The van der Waals surface area contributed by atoms with Crippen LogP contribution in [-0.2, 0) is 16.2 Å². The van der Waals surface area contributed by atoms with Gasteiger partial charge in [0, 0.05) is 33.3 Å². The van der Waals surface area contributed by atoms with Gasteiger partial charge in [-0.3, -0.25) is 0 Å². The topological polar surface area (TPSA) is 3.24 Å². The first kappa shape index (κ1) is 38.7. The molecule has 0 unspecified atom stereocenters. The summed E-state index contributed by atoms with van der Waals surface area (Å²) in [5, 5.41) is 2.49. The monoisotopic (exact) mass is 843 g/mol. The first-order chi connectivity index (χ1) is 32.3. The molecule has 3 aliphatic carbocycles. The molecule has 10 aromatic rings. The standard InChI is InChI=1S/C65H49N/c1-63(2)54-33-19-16-28-47(54)49-38-36-45(40-57(49)63)66(46-37-39-50-48-29-17-20-34-55(48)64(3,4)58(50)41-46)62-59(42-22-8-5-9-23-42)51-30-14-15-31-52(51)61-60(62)53-32-18-21-35-56(53)65(61,43-24-10-6-11-25-43)44-26-12-7-13-27-44/h5-41H,1-4H3. The van der Waals surface area contributed by atoms with Crippen LogP contribution in [0.3, 0.4) is 0 Å². The minimum absolute atomic E-state index is 0.189. The lowest BCUT2D eigenvalue weighted by molar-refractivity contribution is 0.660. The number of benzene rings is 10. The van der Waals surface area contributed by atoms with Gasteiger partial charge in [0.2, 0.25) is 0 Å². The summed E-state index contributed by atoms with van der Waals surface area (Å²) >= 11 is 0. The van der Waals surface area contributed by atoms with Gasteiger partial charge in [0.25, 0.3) is 0 Å². The lowest BCUT2D eigenvalue weighted by atomic mass is 9.66. The largest absolute Gasteiger partial charge is 0.309 e. The summed E-state index contributed by atoms with van der Waals surface area (Å²) in [6.07, 6.45) is 0. The molecule has 0 saturated carbocycles. The first-order valence-corrected chi connectivity index (χ1v) is 23.4. The predicted molar refractivity (Wildman–Crippen MR) is 276 cm³/mol. The van der Waals surface area contributed by atoms with E-state index in [0.29, 0.717) is 0 Å². The molecule has 0 aromatic heterocycles. The second-order valence-electron chi connectivity index (χ2n) is 19.5. The molecule has 0 saturated heterocycles. The Morgan fingerprint density at radius 1 is 0.318 bits per heavy atom. The van der Waals surface area contributed by atoms with Crippen molar-refractivity contribution in [2.45, 2.75) is 43.9 Å². The molecule has 3 aliphatic rings. The third-order valence-corrected chi connectivity index (χ3v) is 15.5. The van der Waals surface area contributed by atoms with Gasteiger partial charge >= 0.3 is 0 Å². The number of nitrogens with zero attached hydrogens (tertiary/aromatic N) is 1. The summed E-state index contributed by atoms with van der Waals surface area (Å²) in [7, 11) is 0. The Morgan fingerprint density at radius 3 is 1.26 bits per heavy atom. The molecule has 13 rings (SSSR count). The Balaban J connectivity index is 1.23. The van der Waals surface area contributed by atoms with Gasteiger partial charge in [-0.05, 0) is 113 Å². The zero-order valence-electron chi connectivity index (χ0n) is 37.8. The van der Waals surface area contributed by atoms with E-state index < -0.39 is 5.41 Å². The van der Waals surface area contributed by atoms with E-state index in [2.05, 4.69) is 257 Å². The van der Waals surface area contributed by atoms with E-state index in [9.17, 15) is 0 Å². The van der Waals surface area contributed by atoms with Crippen molar-refractivity contribution in [1.29, 1.82) is 0 Å². The van der Waals surface area contributed by atoms with Crippen LogP contribution in [0.15, 0.2) is 224 Å². The van der Waals surface area contributed by atoms with Crippen LogP contribution in [-0.4, -0.2) is 0 Å². The van der Waals surface area contributed by atoms with Gasteiger partial charge in [-0.2, -0.15) is 0 Å². The zero-order valence-corrected chi connectivity index (χ0v) is 37.8. The van der Waals surface area contributed by atoms with E-state index in [-0.39, 0.29) is 10.8 Å². The fraction of sp³-hybridized carbons (Fsp3) is 0.108. The average molecular weight is 844 g/mol. The van der Waals surface area contributed by atoms with E-state index in [1.165, 1.54) is 105 Å². The lowest BCUT2D eigenvalue weighted by Crippen LogP contribution is -2.29. The van der Waals surface area contributed by atoms with Crippen LogP contribution in [0, 0.1) is 0 Å². The Hall–Kier alpha value is -7.74. The third-order valence-electron chi connectivity index (χ3n) is 15.5. The molecule has 0 bridgehead atoms. The van der Waals surface area contributed by atoms with Crippen LogP contribution in [0.25, 0.3) is 55.3 Å². The molecule has 1 nitrogen and oxygen atoms in total. The van der Waals surface area contributed by atoms with Crippen molar-refractivity contribution in [3.8, 4) is 44.5 Å². The van der Waals surface area contributed by atoms with Gasteiger partial charge in [-0.15, -0.1) is 0 Å². The van der Waals surface area contributed by atoms with Gasteiger partial charge in [0.05, 0.1) is 11.1 Å². The Kier molecular flexibility index (Phi) is 8.28. The van der Waals surface area contributed by atoms with Gasteiger partial charge in [-0.25, -0.2) is 0 Å². The molecular weight excluding hydrogens is 795 g/mol. The van der Waals surface area contributed by atoms with E-state index in [4.69, 9.17) is 0 Å². The van der Waals surface area contributed by atoms with E-state index in [1.54, 1.807) is 0 Å². The van der Waals surface area contributed by atoms with Crippen LogP contribution in [0.1, 0.15) is 72.2 Å². The minimum atomic E-state index is -0.618. The summed E-state index contributed by atoms with van der Waals surface area (Å²) in [5.74, 6) is 0. The van der Waals surface area contributed by atoms with E-state index in [1.807, 2.05) is 0 Å². The molecule has 0 N–H and O–H groups in total. The van der Waals surface area contributed by atoms with Crippen LogP contribution in [0.4, 0.5) is 17.1 Å². The minimum Gasteiger partial charge on any atom is -0.309 e. The third kappa shape index (κ3) is 5.17. The maximum atomic E-state index is 2.65. The predicted octanol–water partition coefficient (Wildman–Crippen LogP) is 17.0. The number of fused-ring (bicyclic) bond motifs is 11. The van der Waals surface area contributed by atoms with Gasteiger partial charge < -0.3 is 4.90 Å². The number of hydrogen-bond donors (Lipinski definition) is 0. The molecule has 0 spiro atoms. The molecule has 0 aliphatic heterocycles. The molecule has 0 fully saturated rings. The fourth-order valence-electron chi connectivity index (χ4n) is 12.6. The van der Waals surface area contributed by atoms with Crippen LogP contribution < -0.4 is 4.90 Å². The Bertz CT molecular complexity index is 3430. The molecule has 0 heterocycles. The highest BCUT2D eigenvalue weighted by atomic mass is 15.1. The van der Waals surface area contributed by atoms with Gasteiger partial charge in [0.15, 0.2) is 0 Å². The van der Waals surface area contributed by atoms with Crippen molar-refractivity contribution >= 4 is 27.8 Å². The summed E-state index contributed by atoms with van der Waals surface area (Å²) in [4.78, 5) is 2.65. The molecule has 66 heavy (non-hydrogen) atoms. The molecule has 0 radical (unpaired) electrons. The maximum absolute atomic E-state index is 2.65. The first-order valence-electron chi connectivity index (χ1n) is 23.4. The normalized spacial score (nSPS) is 15.0. The summed E-state index contributed by atoms with van der Waals surface area (Å²) in [6, 6.07) is 84.7. The van der Waals surface area contributed by atoms with Gasteiger partial charge in [-0.1, -0.05) is 228 Å². The highest BCUT2D eigenvalue weighted by molar-refractivity contribution is 6.17. The van der Waals surface area contributed by atoms with Crippen LogP contribution in [0.5, 0.6) is 0 Å².